The summed E-state index contributed by atoms with van der Waals surface area (Å²) in [6, 6.07) is 1.08. The molecule has 2 N–H and O–H groups in total. The van der Waals surface area contributed by atoms with Gasteiger partial charge in [0.2, 0.25) is 11.7 Å². The lowest BCUT2D eigenvalue weighted by molar-refractivity contribution is 0.362. The zero-order valence-corrected chi connectivity index (χ0v) is 8.75. The zero-order chi connectivity index (χ0) is 12.6. The maximum Gasteiger partial charge on any atom is 0.243 e. The lowest BCUT2D eigenvalue weighted by Crippen LogP contribution is -2.04. The van der Waals surface area contributed by atoms with E-state index in [-0.39, 0.29) is 17.3 Å². The van der Waals surface area contributed by atoms with Gasteiger partial charge in [0, 0.05) is 5.56 Å². The summed E-state index contributed by atoms with van der Waals surface area (Å²) in [6.07, 6.45) is 0. The second-order valence-corrected chi connectivity index (χ2v) is 3.50. The molecule has 0 unspecified atom stereocenters. The van der Waals surface area contributed by atoms with Crippen LogP contribution in [0.5, 0.6) is 0 Å². The minimum Gasteiger partial charge on any atom is -0.337 e. The summed E-state index contributed by atoms with van der Waals surface area (Å²) in [6.45, 7) is 1.61. The molecule has 0 amide bonds. The fourth-order valence-electron chi connectivity index (χ4n) is 1.22. The van der Waals surface area contributed by atoms with E-state index in [1.807, 2.05) is 0 Å². The summed E-state index contributed by atoms with van der Waals surface area (Å²) in [5, 5.41) is 3.50. The molecule has 0 saturated carbocycles. The van der Waals surface area contributed by atoms with Crippen molar-refractivity contribution in [1.29, 1.82) is 0 Å². The average Bonchev–Trinajstić information content (AvgIpc) is 2.74. The van der Waals surface area contributed by atoms with Crippen molar-refractivity contribution >= 4 is 0 Å². The van der Waals surface area contributed by atoms with E-state index in [0.29, 0.717) is 0 Å². The van der Waals surface area contributed by atoms with Gasteiger partial charge in [-0.1, -0.05) is 5.16 Å². The van der Waals surface area contributed by atoms with Gasteiger partial charge in [-0.3, -0.25) is 0 Å². The van der Waals surface area contributed by atoms with E-state index in [1.165, 1.54) is 0 Å². The third-order valence-electron chi connectivity index (χ3n) is 2.07. The Balaban J connectivity index is 2.46. The van der Waals surface area contributed by atoms with Crippen LogP contribution < -0.4 is 5.73 Å². The molecule has 0 aliphatic heterocycles. The lowest BCUT2D eigenvalue weighted by atomic mass is 10.2. The van der Waals surface area contributed by atoms with E-state index in [9.17, 15) is 13.2 Å². The molecule has 90 valence electrons. The molecule has 0 bridgehead atoms. The molecule has 1 aromatic heterocycles. The molecule has 1 aromatic carbocycles. The van der Waals surface area contributed by atoms with Crippen LogP contribution in [-0.4, -0.2) is 10.1 Å². The topological polar surface area (TPSA) is 64.9 Å². The number of nitrogens with zero attached hydrogens (tertiary/aromatic N) is 2. The molecule has 0 fully saturated rings. The van der Waals surface area contributed by atoms with Crippen molar-refractivity contribution in [2.24, 2.45) is 5.73 Å². The molecular formula is C10H8F3N3O. The van der Waals surface area contributed by atoms with Gasteiger partial charge in [0.15, 0.2) is 17.5 Å². The van der Waals surface area contributed by atoms with E-state index in [1.54, 1.807) is 6.92 Å². The van der Waals surface area contributed by atoms with Crippen LogP contribution in [0.4, 0.5) is 13.2 Å². The third kappa shape index (κ3) is 2.14. The number of nitrogens with two attached hydrogens (primary N) is 1. The van der Waals surface area contributed by atoms with Crippen molar-refractivity contribution in [3.63, 3.8) is 0 Å². The van der Waals surface area contributed by atoms with Crippen LogP contribution in [0.15, 0.2) is 16.7 Å². The van der Waals surface area contributed by atoms with Crippen molar-refractivity contribution < 1.29 is 17.7 Å². The van der Waals surface area contributed by atoms with Crippen LogP contribution in [0.25, 0.3) is 11.4 Å². The van der Waals surface area contributed by atoms with E-state index >= 15 is 0 Å². The standard InChI is InChI=1S/C10H8F3N3O/c1-4(14)10-15-9(16-17-10)5-2-6(11)8(13)7(12)3-5/h2-4H,14H2,1H3/t4-/m0/s1. The van der Waals surface area contributed by atoms with Crippen LogP contribution >= 0.6 is 0 Å². The van der Waals surface area contributed by atoms with Crippen molar-refractivity contribution in [3.05, 3.63) is 35.5 Å². The summed E-state index contributed by atoms with van der Waals surface area (Å²) in [5.74, 6) is -4.08. The molecule has 7 heteroatoms. The Labute approximate surface area is 94.2 Å². The highest BCUT2D eigenvalue weighted by molar-refractivity contribution is 5.54. The largest absolute Gasteiger partial charge is 0.337 e. The highest BCUT2D eigenvalue weighted by atomic mass is 19.2. The molecule has 2 aromatic rings. The first-order valence-corrected chi connectivity index (χ1v) is 4.73. The summed E-state index contributed by atoms with van der Waals surface area (Å²) in [4.78, 5) is 3.83. The Kier molecular flexibility index (Phi) is 2.84. The number of halogens is 3. The number of hydrogen-bond acceptors (Lipinski definition) is 4. The number of hydrogen-bond donors (Lipinski definition) is 1. The first-order chi connectivity index (χ1) is 7.99. The molecule has 4 nitrogen and oxygen atoms in total. The fourth-order valence-corrected chi connectivity index (χ4v) is 1.22. The van der Waals surface area contributed by atoms with Gasteiger partial charge in [-0.05, 0) is 19.1 Å². The van der Waals surface area contributed by atoms with Crippen LogP contribution in [0.1, 0.15) is 18.9 Å². The second kappa shape index (κ2) is 4.17. The number of benzene rings is 1. The first-order valence-electron chi connectivity index (χ1n) is 4.73. The van der Waals surface area contributed by atoms with Crippen molar-refractivity contribution in [2.75, 3.05) is 0 Å². The van der Waals surface area contributed by atoms with Crippen LogP contribution in [-0.2, 0) is 0 Å². The van der Waals surface area contributed by atoms with Gasteiger partial charge in [0.05, 0.1) is 6.04 Å². The highest BCUT2D eigenvalue weighted by Crippen LogP contribution is 2.22. The van der Waals surface area contributed by atoms with Gasteiger partial charge in [0.1, 0.15) is 0 Å². The van der Waals surface area contributed by atoms with Crippen molar-refractivity contribution in [2.45, 2.75) is 13.0 Å². The Morgan fingerprint density at radius 3 is 2.29 bits per heavy atom. The average molecular weight is 243 g/mol. The normalized spacial score (nSPS) is 12.8. The molecule has 0 aliphatic rings. The van der Waals surface area contributed by atoms with Gasteiger partial charge >= 0.3 is 0 Å². The zero-order valence-electron chi connectivity index (χ0n) is 8.75. The van der Waals surface area contributed by atoms with Crippen LogP contribution in [0.3, 0.4) is 0 Å². The van der Waals surface area contributed by atoms with Gasteiger partial charge in [-0.25, -0.2) is 13.2 Å². The quantitative estimate of drug-likeness (QED) is 0.821. The molecule has 1 heterocycles. The highest BCUT2D eigenvalue weighted by Gasteiger charge is 2.16. The molecular weight excluding hydrogens is 235 g/mol. The van der Waals surface area contributed by atoms with Gasteiger partial charge in [-0.2, -0.15) is 4.98 Å². The first kappa shape index (κ1) is 11.6. The Hall–Kier alpha value is -1.89. The van der Waals surface area contributed by atoms with Gasteiger partial charge in [0.25, 0.3) is 0 Å². The minimum atomic E-state index is -1.54. The predicted octanol–water partition coefficient (Wildman–Crippen LogP) is 2.17. The SMILES string of the molecule is C[C@H](N)c1nc(-c2cc(F)c(F)c(F)c2)no1. The molecule has 1 atom stereocenters. The molecule has 0 saturated heterocycles. The number of aromatic nitrogens is 2. The smallest absolute Gasteiger partial charge is 0.243 e. The fraction of sp³-hybridized carbons (Fsp3) is 0.200. The monoisotopic (exact) mass is 243 g/mol. The van der Waals surface area contributed by atoms with E-state index in [4.69, 9.17) is 10.3 Å². The molecule has 0 aliphatic carbocycles. The van der Waals surface area contributed by atoms with Crippen molar-refractivity contribution in [3.8, 4) is 11.4 Å². The summed E-state index contributed by atoms with van der Waals surface area (Å²) in [7, 11) is 0. The predicted molar refractivity (Wildman–Crippen MR) is 52.2 cm³/mol. The molecule has 0 spiro atoms. The maximum absolute atomic E-state index is 13.0. The van der Waals surface area contributed by atoms with Crippen LogP contribution in [0.2, 0.25) is 0 Å². The molecule has 0 radical (unpaired) electrons. The Morgan fingerprint density at radius 2 is 1.82 bits per heavy atom. The second-order valence-electron chi connectivity index (χ2n) is 3.50. The summed E-state index contributed by atoms with van der Waals surface area (Å²) >= 11 is 0. The van der Waals surface area contributed by atoms with Crippen molar-refractivity contribution in [1.82, 2.24) is 10.1 Å². The Bertz CT molecular complexity index is 530. The maximum atomic E-state index is 13.0. The number of rotatable bonds is 2. The van der Waals surface area contributed by atoms with Gasteiger partial charge in [-0.15, -0.1) is 0 Å². The Morgan fingerprint density at radius 1 is 1.24 bits per heavy atom. The van der Waals surface area contributed by atoms with E-state index < -0.39 is 23.5 Å². The van der Waals surface area contributed by atoms with Crippen LogP contribution in [0, 0.1) is 17.5 Å². The molecule has 17 heavy (non-hydrogen) atoms. The van der Waals surface area contributed by atoms with Gasteiger partial charge < -0.3 is 10.3 Å². The third-order valence-corrected chi connectivity index (χ3v) is 2.07. The lowest BCUT2D eigenvalue weighted by Gasteiger charge is -1.98. The van der Waals surface area contributed by atoms with E-state index in [0.717, 1.165) is 12.1 Å². The summed E-state index contributed by atoms with van der Waals surface area (Å²) in [5.41, 5.74) is 5.47. The molecule has 2 rings (SSSR count). The minimum absolute atomic E-state index is 0.0166. The van der Waals surface area contributed by atoms with E-state index in [2.05, 4.69) is 10.1 Å². The summed E-state index contributed by atoms with van der Waals surface area (Å²) < 4.78 is 43.4.